The molecule has 1 nitrogen and oxygen atoms in total. The van der Waals surface area contributed by atoms with Crippen molar-refractivity contribution in [3.8, 4) is 11.1 Å². The van der Waals surface area contributed by atoms with Crippen LogP contribution in [0.5, 0.6) is 0 Å². The minimum absolute atomic E-state index is 0.652. The van der Waals surface area contributed by atoms with E-state index in [1.807, 2.05) is 0 Å². The molecule has 0 aliphatic rings. The van der Waals surface area contributed by atoms with Gasteiger partial charge in [0.05, 0.1) is 0 Å². The molecule has 1 heteroatoms. The second-order valence-corrected chi connectivity index (χ2v) is 5.66. The molecule has 0 bridgehead atoms. The van der Waals surface area contributed by atoms with Crippen LogP contribution in [-0.4, -0.2) is 12.6 Å². The molecular formula is C20H27N. The summed E-state index contributed by atoms with van der Waals surface area (Å²) in [7, 11) is 0. The van der Waals surface area contributed by atoms with Gasteiger partial charge >= 0.3 is 0 Å². The summed E-state index contributed by atoms with van der Waals surface area (Å²) in [6.07, 6.45) is 4.80. The smallest absolute Gasteiger partial charge is 0.00676 e. The normalized spacial score (nSPS) is 12.3. The van der Waals surface area contributed by atoms with Crippen molar-refractivity contribution in [1.82, 2.24) is 5.32 Å². The number of hydrogen-bond donors (Lipinski definition) is 1. The lowest BCUT2D eigenvalue weighted by molar-refractivity contribution is 0.468. The summed E-state index contributed by atoms with van der Waals surface area (Å²) in [4.78, 5) is 0. The Kier molecular flexibility index (Phi) is 6.49. The monoisotopic (exact) mass is 281 g/mol. The lowest BCUT2D eigenvalue weighted by Gasteiger charge is -2.16. The zero-order chi connectivity index (χ0) is 14.9. The minimum atomic E-state index is 0.652. The average Bonchev–Trinajstić information content (AvgIpc) is 2.56. The molecule has 1 atom stereocenters. The lowest BCUT2D eigenvalue weighted by Crippen LogP contribution is -2.29. The van der Waals surface area contributed by atoms with Crippen molar-refractivity contribution in [1.29, 1.82) is 0 Å². The van der Waals surface area contributed by atoms with Gasteiger partial charge in [-0.25, -0.2) is 0 Å². The standard InChI is InChI=1S/C20H27N/c1-3-16-21-20(4-2)15-12-17-10-13-19(14-11-17)18-8-6-5-7-9-18/h5-11,13-14,20-21H,3-4,12,15-16H2,1-2H3. The maximum Gasteiger partial charge on any atom is 0.00676 e. The van der Waals surface area contributed by atoms with E-state index in [0.29, 0.717) is 6.04 Å². The third-order valence-electron chi connectivity index (χ3n) is 4.02. The molecule has 0 spiro atoms. The largest absolute Gasteiger partial charge is 0.314 e. The van der Waals surface area contributed by atoms with Gasteiger partial charge < -0.3 is 5.32 Å². The van der Waals surface area contributed by atoms with Crippen LogP contribution in [0.2, 0.25) is 0 Å². The van der Waals surface area contributed by atoms with Crippen LogP contribution in [-0.2, 0) is 6.42 Å². The van der Waals surface area contributed by atoms with Crippen molar-refractivity contribution < 1.29 is 0 Å². The highest BCUT2D eigenvalue weighted by molar-refractivity contribution is 5.63. The molecule has 2 aromatic rings. The number of benzene rings is 2. The van der Waals surface area contributed by atoms with Crippen molar-refractivity contribution in [2.75, 3.05) is 6.54 Å². The lowest BCUT2D eigenvalue weighted by atomic mass is 10.00. The van der Waals surface area contributed by atoms with Gasteiger partial charge in [-0.15, -0.1) is 0 Å². The molecule has 0 fully saturated rings. The van der Waals surface area contributed by atoms with Crippen LogP contribution in [0.3, 0.4) is 0 Å². The van der Waals surface area contributed by atoms with E-state index in [-0.39, 0.29) is 0 Å². The maximum atomic E-state index is 3.63. The molecule has 0 saturated heterocycles. The van der Waals surface area contributed by atoms with Gasteiger partial charge in [-0.05, 0) is 48.9 Å². The summed E-state index contributed by atoms with van der Waals surface area (Å²) in [6, 6.07) is 20.3. The third kappa shape index (κ3) is 5.02. The fourth-order valence-electron chi connectivity index (χ4n) is 2.63. The van der Waals surface area contributed by atoms with E-state index >= 15 is 0 Å². The molecule has 21 heavy (non-hydrogen) atoms. The Labute approximate surface area is 129 Å². The van der Waals surface area contributed by atoms with E-state index in [4.69, 9.17) is 0 Å². The molecule has 0 aliphatic heterocycles. The highest BCUT2D eigenvalue weighted by Gasteiger charge is 2.05. The zero-order valence-electron chi connectivity index (χ0n) is 13.3. The number of aryl methyl sites for hydroxylation is 1. The van der Waals surface area contributed by atoms with Crippen molar-refractivity contribution in [2.24, 2.45) is 0 Å². The summed E-state index contributed by atoms with van der Waals surface area (Å²) in [5.74, 6) is 0. The van der Waals surface area contributed by atoms with Crippen LogP contribution in [0, 0.1) is 0 Å². The fourth-order valence-corrected chi connectivity index (χ4v) is 2.63. The van der Waals surface area contributed by atoms with E-state index in [1.54, 1.807) is 0 Å². The molecule has 0 aromatic heterocycles. The van der Waals surface area contributed by atoms with Crippen molar-refractivity contribution >= 4 is 0 Å². The highest BCUT2D eigenvalue weighted by Crippen LogP contribution is 2.20. The molecule has 2 rings (SSSR count). The van der Waals surface area contributed by atoms with Gasteiger partial charge in [0.1, 0.15) is 0 Å². The molecular weight excluding hydrogens is 254 g/mol. The Balaban J connectivity index is 1.90. The van der Waals surface area contributed by atoms with E-state index in [0.717, 1.165) is 13.0 Å². The Morgan fingerprint density at radius 3 is 2.14 bits per heavy atom. The Bertz CT molecular complexity index is 501. The maximum absolute atomic E-state index is 3.63. The molecule has 2 aromatic carbocycles. The zero-order valence-corrected chi connectivity index (χ0v) is 13.3. The summed E-state index contributed by atoms with van der Waals surface area (Å²) in [6.45, 7) is 5.62. The topological polar surface area (TPSA) is 12.0 Å². The number of rotatable bonds is 8. The second kappa shape index (κ2) is 8.63. The van der Waals surface area contributed by atoms with E-state index in [1.165, 1.54) is 36.0 Å². The fraction of sp³-hybridized carbons (Fsp3) is 0.400. The van der Waals surface area contributed by atoms with Gasteiger partial charge in [0.2, 0.25) is 0 Å². The van der Waals surface area contributed by atoms with Crippen molar-refractivity contribution in [3.63, 3.8) is 0 Å². The minimum Gasteiger partial charge on any atom is -0.314 e. The summed E-state index contributed by atoms with van der Waals surface area (Å²) in [5.41, 5.74) is 4.03. The SMILES string of the molecule is CCCNC(CC)CCc1ccc(-c2ccccc2)cc1. The molecule has 0 amide bonds. The van der Waals surface area contributed by atoms with Crippen LogP contribution in [0.25, 0.3) is 11.1 Å². The second-order valence-electron chi connectivity index (χ2n) is 5.66. The van der Waals surface area contributed by atoms with Gasteiger partial charge in [-0.1, -0.05) is 68.4 Å². The van der Waals surface area contributed by atoms with E-state index in [2.05, 4.69) is 73.8 Å². The van der Waals surface area contributed by atoms with E-state index < -0.39 is 0 Å². The van der Waals surface area contributed by atoms with Gasteiger partial charge in [0, 0.05) is 6.04 Å². The molecule has 0 heterocycles. The van der Waals surface area contributed by atoms with Gasteiger partial charge in [0.25, 0.3) is 0 Å². The summed E-state index contributed by atoms with van der Waals surface area (Å²) < 4.78 is 0. The number of nitrogens with one attached hydrogen (secondary N) is 1. The molecule has 0 aliphatic carbocycles. The van der Waals surface area contributed by atoms with E-state index in [9.17, 15) is 0 Å². The van der Waals surface area contributed by atoms with Crippen LogP contribution in [0.1, 0.15) is 38.7 Å². The first-order chi connectivity index (χ1) is 10.3. The van der Waals surface area contributed by atoms with Crippen molar-refractivity contribution in [2.45, 2.75) is 45.6 Å². The third-order valence-corrected chi connectivity index (χ3v) is 4.02. The molecule has 1 unspecified atom stereocenters. The van der Waals surface area contributed by atoms with Crippen LogP contribution >= 0.6 is 0 Å². The van der Waals surface area contributed by atoms with Gasteiger partial charge in [-0.2, -0.15) is 0 Å². The Hall–Kier alpha value is -1.60. The van der Waals surface area contributed by atoms with Gasteiger partial charge in [-0.3, -0.25) is 0 Å². The Morgan fingerprint density at radius 1 is 0.857 bits per heavy atom. The quantitative estimate of drug-likeness (QED) is 0.712. The molecule has 112 valence electrons. The number of hydrogen-bond acceptors (Lipinski definition) is 1. The molecule has 0 saturated carbocycles. The average molecular weight is 281 g/mol. The van der Waals surface area contributed by atoms with Crippen LogP contribution < -0.4 is 5.32 Å². The first-order valence-electron chi connectivity index (χ1n) is 8.21. The summed E-state index contributed by atoms with van der Waals surface area (Å²) in [5, 5.41) is 3.63. The van der Waals surface area contributed by atoms with Crippen LogP contribution in [0.4, 0.5) is 0 Å². The molecule has 1 N–H and O–H groups in total. The first kappa shape index (κ1) is 15.8. The van der Waals surface area contributed by atoms with Gasteiger partial charge in [0.15, 0.2) is 0 Å². The predicted molar refractivity (Wildman–Crippen MR) is 92.6 cm³/mol. The highest BCUT2D eigenvalue weighted by atomic mass is 14.9. The van der Waals surface area contributed by atoms with Crippen LogP contribution in [0.15, 0.2) is 54.6 Å². The Morgan fingerprint density at radius 2 is 1.52 bits per heavy atom. The predicted octanol–water partition coefficient (Wildman–Crippen LogP) is 5.06. The molecule has 0 radical (unpaired) electrons. The summed E-state index contributed by atoms with van der Waals surface area (Å²) >= 11 is 0. The van der Waals surface area contributed by atoms with Crippen molar-refractivity contribution in [3.05, 3.63) is 60.2 Å². The first-order valence-corrected chi connectivity index (χ1v) is 8.21.